The molecule has 4 aliphatic rings. The van der Waals surface area contributed by atoms with Gasteiger partial charge in [-0.2, -0.15) is 0 Å². The molecule has 8 heteroatoms. The third-order valence-electron chi connectivity index (χ3n) is 19.6. The van der Waals surface area contributed by atoms with Crippen LogP contribution in [0, 0.1) is 0 Å². The predicted molar refractivity (Wildman–Crippen MR) is 399 cm³/mol. The van der Waals surface area contributed by atoms with Gasteiger partial charge in [0.15, 0.2) is 0 Å². The Morgan fingerprint density at radius 1 is 0.202 bits per heavy atom. The van der Waals surface area contributed by atoms with E-state index in [1.807, 2.05) is 0 Å². The summed E-state index contributed by atoms with van der Waals surface area (Å²) in [5, 5.41) is 4.63. The van der Waals surface area contributed by atoms with E-state index in [2.05, 4.69) is 381 Å². The second-order valence-corrected chi connectivity index (χ2v) is 24.8. The van der Waals surface area contributed by atoms with Gasteiger partial charge in [0.1, 0.15) is 0 Å². The molecule has 0 atom stereocenters. The molecule has 0 aromatic heterocycles. The van der Waals surface area contributed by atoms with Crippen molar-refractivity contribution in [2.75, 3.05) is 29.4 Å². The third kappa shape index (κ3) is 8.32. The van der Waals surface area contributed by atoms with Crippen LogP contribution in [-0.2, 0) is 0 Å². The maximum absolute atomic E-state index is 2.64. The second kappa shape index (κ2) is 21.7. The van der Waals surface area contributed by atoms with Crippen molar-refractivity contribution in [3.05, 3.63) is 352 Å². The van der Waals surface area contributed by atoms with E-state index in [0.29, 0.717) is 0 Å². The molecule has 4 heterocycles. The maximum atomic E-state index is 2.64. The largest absolute Gasteiger partial charge is 0.311 e. The summed E-state index contributed by atoms with van der Waals surface area (Å²) in [5.41, 5.74) is 27.9. The number of anilines is 18. The van der Waals surface area contributed by atoms with Crippen LogP contribution in [0.25, 0.3) is 21.5 Å². The molecule has 0 saturated heterocycles. The smallest absolute Gasteiger partial charge is 0.252 e. The maximum Gasteiger partial charge on any atom is 0.252 e. The standard InChI is InChI=1S/C86H58B2N6/c1-9-29-61(30-10-1)89(62-31-11-2-12-32-62)69-49-51-71-59(53-69)55-81-83-85(71)93(67-41-21-7-22-42-67)79-58-80-76(57-75(79)87(83)73-45-25-27-47-77(73)91(81)65-37-17-5-18-38-65)88-74-46-26-28-48-78(74)92(66-39-19-6-20-40-66)82-56-60-54-70(90(63-33-13-3-14-34-63)64-35-15-4-16-36-64)50-52-72(60)86(84(82)88)94(80)68-43-23-8-24-44-68/h1-58H. The van der Waals surface area contributed by atoms with Gasteiger partial charge in [0.05, 0.1) is 11.4 Å². The lowest BCUT2D eigenvalue weighted by Gasteiger charge is -2.47. The lowest BCUT2D eigenvalue weighted by atomic mass is 9.30. The molecule has 0 aliphatic carbocycles. The van der Waals surface area contributed by atoms with Crippen LogP contribution < -0.4 is 62.2 Å². The molecule has 0 bridgehead atoms. The van der Waals surface area contributed by atoms with E-state index in [1.54, 1.807) is 0 Å². The van der Waals surface area contributed by atoms with Crippen molar-refractivity contribution in [2.45, 2.75) is 0 Å². The van der Waals surface area contributed by atoms with E-state index in [1.165, 1.54) is 66.3 Å². The first kappa shape index (κ1) is 53.6. The lowest BCUT2D eigenvalue weighted by molar-refractivity contribution is 1.24. The van der Waals surface area contributed by atoms with E-state index in [-0.39, 0.29) is 13.4 Å². The summed E-state index contributed by atoms with van der Waals surface area (Å²) in [4.78, 5) is 15.0. The van der Waals surface area contributed by atoms with Crippen molar-refractivity contribution >= 4 is 170 Å². The van der Waals surface area contributed by atoms with E-state index >= 15 is 0 Å². The zero-order valence-corrected chi connectivity index (χ0v) is 51.3. The van der Waals surface area contributed by atoms with Gasteiger partial charge in [0, 0.05) is 102 Å². The van der Waals surface area contributed by atoms with Gasteiger partial charge < -0.3 is 29.4 Å². The molecule has 0 fully saturated rings. The monoisotopic (exact) mass is 1200 g/mol. The second-order valence-electron chi connectivity index (χ2n) is 24.8. The molecular formula is C86H58B2N6. The third-order valence-corrected chi connectivity index (χ3v) is 19.6. The average molecular weight is 1200 g/mol. The van der Waals surface area contributed by atoms with E-state index in [9.17, 15) is 0 Å². The van der Waals surface area contributed by atoms with Crippen LogP contribution >= 0.6 is 0 Å². The highest BCUT2D eigenvalue weighted by Crippen LogP contribution is 2.53. The Hall–Kier alpha value is -12.3. The van der Waals surface area contributed by atoms with Crippen LogP contribution in [-0.4, -0.2) is 13.4 Å². The van der Waals surface area contributed by atoms with Crippen LogP contribution in [0.5, 0.6) is 0 Å². The van der Waals surface area contributed by atoms with Gasteiger partial charge >= 0.3 is 0 Å². The van der Waals surface area contributed by atoms with Crippen molar-refractivity contribution in [3.63, 3.8) is 0 Å². The number of hydrogen-bond acceptors (Lipinski definition) is 6. The van der Waals surface area contributed by atoms with E-state index in [4.69, 9.17) is 0 Å². The van der Waals surface area contributed by atoms with Crippen molar-refractivity contribution in [3.8, 4) is 0 Å². The van der Waals surface area contributed by atoms with Crippen molar-refractivity contribution in [2.24, 2.45) is 0 Å². The highest BCUT2D eigenvalue weighted by molar-refractivity contribution is 7.03. The number of fused-ring (bicyclic) bond motifs is 12. The van der Waals surface area contributed by atoms with Gasteiger partial charge in [-0.1, -0.05) is 200 Å². The number of hydrogen-bond donors (Lipinski definition) is 0. The Morgan fingerprint density at radius 3 is 0.840 bits per heavy atom. The molecule has 94 heavy (non-hydrogen) atoms. The minimum Gasteiger partial charge on any atom is -0.311 e. The van der Waals surface area contributed by atoms with Crippen molar-refractivity contribution in [1.82, 2.24) is 0 Å². The molecule has 0 saturated carbocycles. The van der Waals surface area contributed by atoms with Crippen LogP contribution in [0.1, 0.15) is 0 Å². The van der Waals surface area contributed by atoms with Gasteiger partial charge in [-0.3, -0.25) is 0 Å². The fourth-order valence-electron chi connectivity index (χ4n) is 15.8. The minimum absolute atomic E-state index is 0.159. The van der Waals surface area contributed by atoms with Gasteiger partial charge in [0.25, 0.3) is 13.4 Å². The van der Waals surface area contributed by atoms with Crippen LogP contribution in [0.3, 0.4) is 0 Å². The number of rotatable bonds is 10. The summed E-state index contributed by atoms with van der Waals surface area (Å²) >= 11 is 0. The normalized spacial score (nSPS) is 13.0. The Labute approximate surface area is 548 Å². The minimum atomic E-state index is -0.159. The average Bonchev–Trinajstić information content (AvgIpc) is 0.683. The van der Waals surface area contributed by atoms with Gasteiger partial charge in [0.2, 0.25) is 0 Å². The van der Waals surface area contributed by atoms with Gasteiger partial charge in [-0.05, 0) is 195 Å². The summed E-state index contributed by atoms with van der Waals surface area (Å²) in [6, 6.07) is 130. The summed E-state index contributed by atoms with van der Waals surface area (Å²) < 4.78 is 0. The van der Waals surface area contributed by atoms with Gasteiger partial charge in [-0.25, -0.2) is 0 Å². The highest BCUT2D eigenvalue weighted by atomic mass is 15.2. The fourth-order valence-corrected chi connectivity index (χ4v) is 15.8. The zero-order chi connectivity index (χ0) is 61.8. The molecule has 6 nitrogen and oxygen atoms in total. The van der Waals surface area contributed by atoms with Crippen molar-refractivity contribution < 1.29 is 0 Å². The van der Waals surface area contributed by atoms with Gasteiger partial charge in [-0.15, -0.1) is 0 Å². The zero-order valence-electron chi connectivity index (χ0n) is 51.3. The number of nitrogens with zero attached hydrogens (tertiary/aromatic N) is 6. The molecule has 15 aromatic carbocycles. The lowest BCUT2D eigenvalue weighted by Crippen LogP contribution is -2.65. The topological polar surface area (TPSA) is 19.4 Å². The molecule has 0 radical (unpaired) electrons. The van der Waals surface area contributed by atoms with Crippen molar-refractivity contribution in [1.29, 1.82) is 0 Å². The fraction of sp³-hybridized carbons (Fsp3) is 0. The molecular weight excluding hydrogens is 1140 g/mol. The van der Waals surface area contributed by atoms with E-state index in [0.717, 1.165) is 90.4 Å². The summed E-state index contributed by atoms with van der Waals surface area (Å²) in [7, 11) is 0. The molecule has 438 valence electrons. The Balaban J connectivity index is 0.922. The first-order valence-corrected chi connectivity index (χ1v) is 32.5. The molecule has 19 rings (SSSR count). The molecule has 4 aliphatic heterocycles. The SMILES string of the molecule is c1ccc(N(c2ccccc2)c2ccc3c4c5c(cc3c2)N(c2ccccc2)c2ccccc2B5c2cc3c(cc2N4c2ccccc2)N(c2ccccc2)c2c4c(cc5cc(N(c6ccccc6)c6ccccc6)ccc25)N(c2ccccc2)c2ccccc2B34)cc1. The Morgan fingerprint density at radius 2 is 0.500 bits per heavy atom. The molecule has 0 amide bonds. The Bertz CT molecular complexity index is 5000. The van der Waals surface area contributed by atoms with Crippen LogP contribution in [0.15, 0.2) is 352 Å². The predicted octanol–water partition coefficient (Wildman–Crippen LogP) is 19.1. The van der Waals surface area contributed by atoms with Crippen LogP contribution in [0.4, 0.5) is 102 Å². The summed E-state index contributed by atoms with van der Waals surface area (Å²) in [5.74, 6) is 0. The van der Waals surface area contributed by atoms with Crippen LogP contribution in [0.2, 0.25) is 0 Å². The highest BCUT2D eigenvalue weighted by Gasteiger charge is 2.49. The number of benzene rings is 15. The molecule has 0 spiro atoms. The number of para-hydroxylation sites is 10. The molecule has 0 unspecified atom stereocenters. The quantitative estimate of drug-likeness (QED) is 0.126. The molecule has 15 aromatic rings. The van der Waals surface area contributed by atoms with E-state index < -0.39 is 0 Å². The molecule has 0 N–H and O–H groups in total. The summed E-state index contributed by atoms with van der Waals surface area (Å²) in [6.07, 6.45) is 0. The summed E-state index contributed by atoms with van der Waals surface area (Å²) in [6.45, 7) is -0.318. The Kier molecular flexibility index (Phi) is 12.4. The first-order valence-electron chi connectivity index (χ1n) is 32.5. The first-order chi connectivity index (χ1) is 46.7.